The lowest BCUT2D eigenvalue weighted by Crippen LogP contribution is -2.61. The molecular formula is C52H80N4O10. The van der Waals surface area contributed by atoms with Gasteiger partial charge in [-0.25, -0.2) is 4.79 Å². The number of amides is 1. The molecule has 9 atom stereocenters. The zero-order valence-corrected chi connectivity index (χ0v) is 40.7. The molecule has 2 aliphatic rings. The first-order valence-corrected chi connectivity index (χ1v) is 23.6. The van der Waals surface area contributed by atoms with Crippen LogP contribution >= 0.6 is 0 Å². The first kappa shape index (κ1) is 57.3. The molecule has 0 radical (unpaired) electrons. The van der Waals surface area contributed by atoms with Crippen LogP contribution in [0.25, 0.3) is 0 Å². The number of hydrogen-bond donors (Lipinski definition) is 6. The Bertz CT molecular complexity index is 1810. The Balaban J connectivity index is 2.08. The number of unbranched alkanes of at least 4 members (excludes halogenated alkanes) is 2. The van der Waals surface area contributed by atoms with Gasteiger partial charge in [0, 0.05) is 37.9 Å². The van der Waals surface area contributed by atoms with Crippen molar-refractivity contribution >= 4 is 23.6 Å². The number of Topliss-reactive ketones (excluding diaryl/α,β-unsaturated/α-hetero) is 1. The fourth-order valence-electron chi connectivity index (χ4n) is 7.11. The summed E-state index contributed by atoms with van der Waals surface area (Å²) in [4.78, 5) is 39.5. The molecule has 14 nitrogen and oxygen atoms in total. The summed E-state index contributed by atoms with van der Waals surface area (Å²) < 4.78 is 23.0. The van der Waals surface area contributed by atoms with Crippen LogP contribution in [0.5, 0.6) is 0 Å². The van der Waals surface area contributed by atoms with E-state index >= 15 is 0 Å². The molecule has 7 N–H and O–H groups in total. The van der Waals surface area contributed by atoms with E-state index in [0.29, 0.717) is 43.1 Å². The number of nitrogens with two attached hydrogens (primary N) is 1. The van der Waals surface area contributed by atoms with Crippen LogP contribution < -0.4 is 11.1 Å². The maximum atomic E-state index is 12.8. The quantitative estimate of drug-likeness (QED) is 0.00816. The van der Waals surface area contributed by atoms with Crippen molar-refractivity contribution in [2.24, 2.45) is 23.5 Å². The van der Waals surface area contributed by atoms with Gasteiger partial charge in [0.1, 0.15) is 29.8 Å². The molecule has 0 bridgehead atoms. The number of carbonyl (C=O) groups excluding carboxylic acids is 3. The molecule has 1 heterocycles. The van der Waals surface area contributed by atoms with Crippen molar-refractivity contribution in [2.45, 2.75) is 149 Å². The monoisotopic (exact) mass is 921 g/mol. The average molecular weight is 921 g/mol. The molecule has 1 aliphatic carbocycles. The smallest absolute Gasteiger partial charge is 0.338 e. The Kier molecular flexibility index (Phi) is 27.7. The Morgan fingerprint density at radius 2 is 1.55 bits per heavy atom. The second-order valence-electron chi connectivity index (χ2n) is 17.3. The molecule has 0 spiro atoms. The molecule has 0 saturated carbocycles. The third-order valence-corrected chi connectivity index (χ3v) is 11.1. The maximum absolute atomic E-state index is 12.8. The Morgan fingerprint density at radius 3 is 2.23 bits per heavy atom. The number of guanidine groups is 1. The average Bonchev–Trinajstić information content (AvgIpc) is 3.63. The molecule has 1 aliphatic heterocycles. The predicted molar refractivity (Wildman–Crippen MR) is 261 cm³/mol. The van der Waals surface area contributed by atoms with Crippen molar-refractivity contribution in [2.75, 3.05) is 26.8 Å². The Labute approximate surface area is 394 Å². The number of esters is 1. The highest BCUT2D eigenvalue weighted by atomic mass is 16.7. The van der Waals surface area contributed by atoms with Gasteiger partial charge < -0.3 is 50.2 Å². The van der Waals surface area contributed by atoms with E-state index in [-0.39, 0.29) is 41.8 Å². The Morgan fingerprint density at radius 1 is 0.879 bits per heavy atom. The summed E-state index contributed by atoms with van der Waals surface area (Å²) in [5, 5.41) is 42.4. The summed E-state index contributed by atoms with van der Waals surface area (Å²) in [5.74, 6) is -0.334. The molecule has 9 unspecified atom stereocenters. The number of nitrogens with zero attached hydrogens (tertiary/aromatic N) is 1. The molecule has 1 saturated heterocycles. The van der Waals surface area contributed by atoms with E-state index in [1.54, 1.807) is 30.1 Å². The van der Waals surface area contributed by atoms with Gasteiger partial charge in [-0.15, -0.1) is 0 Å². The van der Waals surface area contributed by atoms with E-state index in [2.05, 4.69) is 49.5 Å². The minimum atomic E-state index is -1.70. The number of aliphatic hydroxyl groups excluding tert-OH is 3. The molecular weight excluding hydrogens is 841 g/mol. The topological polar surface area (TPSA) is 214 Å². The largest absolute Gasteiger partial charge is 0.496 e. The summed E-state index contributed by atoms with van der Waals surface area (Å²) in [5.41, 5.74) is 7.06. The second-order valence-corrected chi connectivity index (χ2v) is 17.3. The molecule has 66 heavy (non-hydrogen) atoms. The van der Waals surface area contributed by atoms with Crippen molar-refractivity contribution in [3.8, 4) is 0 Å². The van der Waals surface area contributed by atoms with Gasteiger partial charge in [-0.1, -0.05) is 120 Å². The third kappa shape index (κ3) is 21.2. The minimum Gasteiger partial charge on any atom is -0.496 e. The van der Waals surface area contributed by atoms with Crippen molar-refractivity contribution in [3.05, 3.63) is 108 Å². The first-order chi connectivity index (χ1) is 31.5. The van der Waals surface area contributed by atoms with Crippen molar-refractivity contribution < 1.29 is 48.7 Å². The van der Waals surface area contributed by atoms with Crippen LogP contribution in [-0.4, -0.2) is 107 Å². The van der Waals surface area contributed by atoms with Gasteiger partial charge in [0.15, 0.2) is 24.1 Å². The zero-order chi connectivity index (χ0) is 49.0. The zero-order valence-electron chi connectivity index (χ0n) is 40.7. The standard InChI is InChI=1S/C52H80N4O10/c1-9-33-63-42-31-30-41(57)43(42)55-49(61)39(6)29-23-15-13-11-12-14-22-28-38(5)47(65-51-46(60)44(58)45(59)48(66-51)50(62)64-34-10-2)40(7)35-37(4)27-21-18-20-26-36(3)25-19-16-17-24-32-56(8)52(53)54/h11-16,19-20,22-23,26,28-29,35-38,44-48,51,58-60H,9-10,17-18,21,24-25,27,30-34H2,1-8H3,(H3,53,54)(H,55,61)/b13-11+,14-12+,19-16+,23-15+,26-20+,28-22+,39-29+,40-35+. The van der Waals surface area contributed by atoms with Gasteiger partial charge in [0.05, 0.1) is 19.3 Å². The molecule has 0 aromatic rings. The van der Waals surface area contributed by atoms with Crippen LogP contribution in [-0.2, 0) is 33.3 Å². The number of ketones is 1. The van der Waals surface area contributed by atoms with Gasteiger partial charge in [-0.2, -0.15) is 0 Å². The Hall–Kier alpha value is -4.86. The lowest BCUT2D eigenvalue weighted by Gasteiger charge is -2.41. The fourth-order valence-corrected chi connectivity index (χ4v) is 7.11. The SMILES string of the molecule is CCCOC(=O)C1OC(OC(/C(C)=C/C(C)CCC/C=C/C(C)C/C=C/CCCN(C)C(=N)N)C(C)/C=C/C=C/C=C/C=C/C=C(\C)C(=O)NC2=C(OCCC)CCC2=O)C(O)C(O)C1O. The van der Waals surface area contributed by atoms with Crippen molar-refractivity contribution in [1.82, 2.24) is 10.2 Å². The van der Waals surface area contributed by atoms with Gasteiger partial charge in [-0.3, -0.25) is 15.0 Å². The maximum Gasteiger partial charge on any atom is 0.338 e. The molecule has 1 fully saturated rings. The number of rotatable bonds is 29. The number of aliphatic hydroxyl groups is 3. The van der Waals surface area contributed by atoms with Gasteiger partial charge >= 0.3 is 5.97 Å². The van der Waals surface area contributed by atoms with Gasteiger partial charge in [0.25, 0.3) is 5.91 Å². The highest BCUT2D eigenvalue weighted by molar-refractivity contribution is 6.04. The number of hydrogen-bond acceptors (Lipinski definition) is 11. The minimum absolute atomic E-state index is 0.0877. The van der Waals surface area contributed by atoms with Gasteiger partial charge in [0.2, 0.25) is 0 Å². The molecule has 2 rings (SSSR count). The fraction of sp³-hybridized carbons (Fsp3) is 0.577. The molecule has 0 aromatic carbocycles. The van der Waals surface area contributed by atoms with Crippen LogP contribution in [0.4, 0.5) is 0 Å². The van der Waals surface area contributed by atoms with E-state index in [0.717, 1.165) is 57.1 Å². The normalized spacial score (nSPS) is 23.0. The van der Waals surface area contributed by atoms with E-state index in [1.165, 1.54) is 0 Å². The molecule has 0 aromatic heterocycles. The van der Waals surface area contributed by atoms with E-state index in [1.807, 2.05) is 71.2 Å². The second kappa shape index (κ2) is 31.9. The summed E-state index contributed by atoms with van der Waals surface area (Å²) >= 11 is 0. The number of carbonyl (C=O) groups is 3. The highest BCUT2D eigenvalue weighted by Crippen LogP contribution is 2.29. The number of ether oxygens (including phenoxy) is 4. The molecule has 1 amide bonds. The van der Waals surface area contributed by atoms with E-state index < -0.39 is 42.8 Å². The van der Waals surface area contributed by atoms with Crippen LogP contribution in [0.15, 0.2) is 108 Å². The lowest BCUT2D eigenvalue weighted by atomic mass is 9.92. The summed E-state index contributed by atoms with van der Waals surface area (Å²) in [6.45, 7) is 15.1. The van der Waals surface area contributed by atoms with Crippen LogP contribution in [0.2, 0.25) is 0 Å². The van der Waals surface area contributed by atoms with Crippen molar-refractivity contribution in [1.29, 1.82) is 5.41 Å². The third-order valence-electron chi connectivity index (χ3n) is 11.1. The lowest BCUT2D eigenvalue weighted by molar-refractivity contribution is -0.304. The van der Waals surface area contributed by atoms with Gasteiger partial charge in [-0.05, 0) is 82.6 Å². The van der Waals surface area contributed by atoms with E-state index in [9.17, 15) is 29.7 Å². The summed E-state index contributed by atoms with van der Waals surface area (Å²) in [7, 11) is 1.82. The van der Waals surface area contributed by atoms with Crippen LogP contribution in [0.3, 0.4) is 0 Å². The summed E-state index contributed by atoms with van der Waals surface area (Å²) in [6, 6.07) is 0. The van der Waals surface area contributed by atoms with Crippen LogP contribution in [0.1, 0.15) is 113 Å². The first-order valence-electron chi connectivity index (χ1n) is 23.6. The number of allylic oxidation sites excluding steroid dienone is 15. The summed E-state index contributed by atoms with van der Waals surface area (Å²) in [6.07, 6.45) is 26.7. The molecule has 368 valence electrons. The predicted octanol–water partition coefficient (Wildman–Crippen LogP) is 7.55. The van der Waals surface area contributed by atoms with Crippen LogP contribution in [0, 0.1) is 23.2 Å². The molecule has 14 heteroatoms. The van der Waals surface area contributed by atoms with E-state index in [4.69, 9.17) is 30.1 Å². The highest BCUT2D eigenvalue weighted by Gasteiger charge is 2.49. The van der Waals surface area contributed by atoms with Crippen molar-refractivity contribution in [3.63, 3.8) is 0 Å². The number of nitrogens with one attached hydrogen (secondary N) is 2.